The average Bonchev–Trinajstić information content (AvgIpc) is 2.92. The first-order valence-electron chi connectivity index (χ1n) is 7.12. The van der Waals surface area contributed by atoms with Gasteiger partial charge >= 0.3 is 0 Å². The van der Waals surface area contributed by atoms with Gasteiger partial charge in [-0.1, -0.05) is 18.2 Å². The fourth-order valence-corrected chi connectivity index (χ4v) is 2.61. The molecule has 1 aliphatic rings. The van der Waals surface area contributed by atoms with Crippen molar-refractivity contribution in [1.29, 1.82) is 0 Å². The smallest absolute Gasteiger partial charge is 0.145 e. The Morgan fingerprint density at radius 3 is 2.35 bits per heavy atom. The highest BCUT2D eigenvalue weighted by atomic mass is 15.3. The van der Waals surface area contributed by atoms with Crippen molar-refractivity contribution in [3.63, 3.8) is 0 Å². The molecule has 1 aliphatic heterocycles. The van der Waals surface area contributed by atoms with Crippen molar-refractivity contribution in [3.8, 4) is 0 Å². The summed E-state index contributed by atoms with van der Waals surface area (Å²) in [5.74, 6) is 0.596. The van der Waals surface area contributed by atoms with E-state index in [2.05, 4.69) is 45.2 Å². The molecule has 0 unspecified atom stereocenters. The number of piperazine rings is 1. The summed E-state index contributed by atoms with van der Waals surface area (Å²) < 4.78 is 1.92. The molecule has 0 saturated carbocycles. The van der Waals surface area contributed by atoms with Crippen molar-refractivity contribution >= 4 is 11.5 Å². The first kappa shape index (κ1) is 13.0. The topological polar surface area (TPSA) is 50.3 Å². The maximum absolute atomic E-state index is 5.62. The van der Waals surface area contributed by atoms with Gasteiger partial charge in [-0.2, -0.15) is 5.10 Å². The third kappa shape index (κ3) is 3.11. The van der Waals surface area contributed by atoms with Crippen LogP contribution in [0.2, 0.25) is 0 Å². The van der Waals surface area contributed by atoms with E-state index < -0.39 is 0 Å². The number of benzene rings is 1. The van der Waals surface area contributed by atoms with Crippen LogP contribution in [0.3, 0.4) is 0 Å². The monoisotopic (exact) mass is 271 g/mol. The normalized spacial score (nSPS) is 16.5. The van der Waals surface area contributed by atoms with Gasteiger partial charge in [-0.25, -0.2) is 0 Å². The number of anilines is 2. The molecular formula is C15H21N5. The lowest BCUT2D eigenvalue weighted by atomic mass is 10.2. The molecule has 20 heavy (non-hydrogen) atoms. The van der Waals surface area contributed by atoms with E-state index in [1.807, 2.05) is 16.9 Å². The number of hydrogen-bond donors (Lipinski definition) is 1. The molecule has 2 aromatic rings. The molecule has 2 heterocycles. The summed E-state index contributed by atoms with van der Waals surface area (Å²) >= 11 is 0. The van der Waals surface area contributed by atoms with Gasteiger partial charge in [0.2, 0.25) is 0 Å². The van der Waals surface area contributed by atoms with Gasteiger partial charge in [-0.15, -0.1) is 0 Å². The molecule has 1 aromatic carbocycles. The molecule has 5 nitrogen and oxygen atoms in total. The van der Waals surface area contributed by atoms with Crippen molar-refractivity contribution in [3.05, 3.63) is 42.6 Å². The average molecular weight is 271 g/mol. The van der Waals surface area contributed by atoms with E-state index in [4.69, 9.17) is 5.73 Å². The first-order valence-corrected chi connectivity index (χ1v) is 7.12. The van der Waals surface area contributed by atoms with Crippen LogP contribution in [0.25, 0.3) is 0 Å². The molecule has 1 aromatic heterocycles. The molecule has 1 fully saturated rings. The number of rotatable bonds is 4. The van der Waals surface area contributed by atoms with Crippen LogP contribution in [0.1, 0.15) is 0 Å². The lowest BCUT2D eigenvalue weighted by molar-refractivity contribution is 0.244. The van der Waals surface area contributed by atoms with Crippen LogP contribution in [0.5, 0.6) is 0 Å². The Labute approximate surface area is 119 Å². The summed E-state index contributed by atoms with van der Waals surface area (Å²) in [5, 5.41) is 4.21. The Bertz CT molecular complexity index is 528. The molecule has 5 heteroatoms. The van der Waals surface area contributed by atoms with E-state index in [9.17, 15) is 0 Å². The summed E-state index contributed by atoms with van der Waals surface area (Å²) in [6.45, 7) is 6.32. The Morgan fingerprint density at radius 2 is 1.70 bits per heavy atom. The zero-order valence-electron chi connectivity index (χ0n) is 11.7. The first-order chi connectivity index (χ1) is 9.81. The number of para-hydroxylation sites is 1. The zero-order chi connectivity index (χ0) is 13.8. The highest BCUT2D eigenvalue weighted by Gasteiger charge is 2.16. The number of aromatic nitrogens is 2. The van der Waals surface area contributed by atoms with Crippen LogP contribution in [-0.2, 0) is 6.54 Å². The van der Waals surface area contributed by atoms with E-state index in [0.717, 1.165) is 39.3 Å². The Kier molecular flexibility index (Phi) is 3.87. The summed E-state index contributed by atoms with van der Waals surface area (Å²) in [5.41, 5.74) is 6.94. The van der Waals surface area contributed by atoms with Crippen LogP contribution < -0.4 is 10.6 Å². The number of nitrogens with two attached hydrogens (primary N) is 1. The standard InChI is InChI=1S/C15H21N5/c16-15-6-7-20(17-15)13-10-18-8-11-19(12-9-18)14-4-2-1-3-5-14/h1-7H,8-13H2,(H2,16,17). The number of nitrogen functional groups attached to an aromatic ring is 1. The molecule has 0 radical (unpaired) electrons. The summed E-state index contributed by atoms with van der Waals surface area (Å²) in [7, 11) is 0. The van der Waals surface area contributed by atoms with Crippen molar-refractivity contribution in [2.24, 2.45) is 0 Å². The molecule has 0 amide bonds. The van der Waals surface area contributed by atoms with Crippen molar-refractivity contribution in [1.82, 2.24) is 14.7 Å². The van der Waals surface area contributed by atoms with Crippen molar-refractivity contribution < 1.29 is 0 Å². The van der Waals surface area contributed by atoms with E-state index >= 15 is 0 Å². The van der Waals surface area contributed by atoms with E-state index in [1.54, 1.807) is 0 Å². The minimum absolute atomic E-state index is 0.596. The SMILES string of the molecule is Nc1ccn(CCN2CCN(c3ccccc3)CC2)n1. The van der Waals surface area contributed by atoms with Gasteiger partial charge < -0.3 is 10.6 Å². The van der Waals surface area contributed by atoms with Gasteiger partial charge in [0.05, 0.1) is 6.54 Å². The fraction of sp³-hybridized carbons (Fsp3) is 0.400. The quantitative estimate of drug-likeness (QED) is 0.910. The highest BCUT2D eigenvalue weighted by molar-refractivity contribution is 5.46. The molecule has 0 aliphatic carbocycles. The molecule has 0 bridgehead atoms. The summed E-state index contributed by atoms with van der Waals surface area (Å²) in [6.07, 6.45) is 1.94. The van der Waals surface area contributed by atoms with Crippen LogP contribution in [0.4, 0.5) is 11.5 Å². The molecule has 0 atom stereocenters. The van der Waals surface area contributed by atoms with Crippen LogP contribution >= 0.6 is 0 Å². The third-order valence-corrected chi connectivity index (χ3v) is 3.80. The molecule has 1 saturated heterocycles. The van der Waals surface area contributed by atoms with Crippen molar-refractivity contribution in [2.45, 2.75) is 6.54 Å². The summed E-state index contributed by atoms with van der Waals surface area (Å²) in [6, 6.07) is 12.5. The lowest BCUT2D eigenvalue weighted by Gasteiger charge is -2.36. The minimum atomic E-state index is 0.596. The number of hydrogen-bond acceptors (Lipinski definition) is 4. The van der Waals surface area contributed by atoms with Gasteiger partial charge in [0.25, 0.3) is 0 Å². The van der Waals surface area contributed by atoms with Crippen molar-refractivity contribution in [2.75, 3.05) is 43.4 Å². The van der Waals surface area contributed by atoms with Crippen LogP contribution in [-0.4, -0.2) is 47.4 Å². The number of nitrogens with zero attached hydrogens (tertiary/aromatic N) is 4. The Hall–Kier alpha value is -2.01. The van der Waals surface area contributed by atoms with E-state index in [-0.39, 0.29) is 0 Å². The fourth-order valence-electron chi connectivity index (χ4n) is 2.61. The lowest BCUT2D eigenvalue weighted by Crippen LogP contribution is -2.47. The molecule has 3 rings (SSSR count). The van der Waals surface area contributed by atoms with Gasteiger partial charge in [-0.3, -0.25) is 9.58 Å². The largest absolute Gasteiger partial charge is 0.382 e. The zero-order valence-corrected chi connectivity index (χ0v) is 11.7. The summed E-state index contributed by atoms with van der Waals surface area (Å²) in [4.78, 5) is 4.93. The van der Waals surface area contributed by atoms with Gasteiger partial charge in [0, 0.05) is 44.6 Å². The second kappa shape index (κ2) is 5.96. The Morgan fingerprint density at radius 1 is 0.950 bits per heavy atom. The van der Waals surface area contributed by atoms with E-state index in [1.165, 1.54) is 5.69 Å². The van der Waals surface area contributed by atoms with Gasteiger partial charge in [0.1, 0.15) is 5.82 Å². The predicted octanol–water partition coefficient (Wildman–Crippen LogP) is 1.29. The van der Waals surface area contributed by atoms with Gasteiger partial charge in [0.15, 0.2) is 0 Å². The minimum Gasteiger partial charge on any atom is -0.382 e. The third-order valence-electron chi connectivity index (χ3n) is 3.80. The molecule has 106 valence electrons. The Balaban J connectivity index is 1.47. The second-order valence-corrected chi connectivity index (χ2v) is 5.17. The molecule has 0 spiro atoms. The molecular weight excluding hydrogens is 250 g/mol. The highest BCUT2D eigenvalue weighted by Crippen LogP contribution is 2.15. The predicted molar refractivity (Wildman–Crippen MR) is 81.7 cm³/mol. The van der Waals surface area contributed by atoms with E-state index in [0.29, 0.717) is 5.82 Å². The van der Waals surface area contributed by atoms with Crippen LogP contribution in [0.15, 0.2) is 42.6 Å². The maximum atomic E-state index is 5.62. The van der Waals surface area contributed by atoms with Crippen LogP contribution in [0, 0.1) is 0 Å². The second-order valence-electron chi connectivity index (χ2n) is 5.17. The maximum Gasteiger partial charge on any atom is 0.145 e. The van der Waals surface area contributed by atoms with Gasteiger partial charge in [-0.05, 0) is 18.2 Å². The molecule has 2 N–H and O–H groups in total.